The van der Waals surface area contributed by atoms with Gasteiger partial charge in [0.05, 0.1) is 18.5 Å². The quantitative estimate of drug-likeness (QED) is 0.640. The number of rotatable bonds is 7. The van der Waals surface area contributed by atoms with Crippen molar-refractivity contribution < 1.29 is 13.2 Å². The molecule has 0 aliphatic rings. The summed E-state index contributed by atoms with van der Waals surface area (Å²) in [5.74, 6) is 0.0156. The maximum absolute atomic E-state index is 11.5. The molecule has 6 heteroatoms. The highest BCUT2D eigenvalue weighted by Crippen LogP contribution is 1.98. The first-order valence-electron chi connectivity index (χ1n) is 4.66. The van der Waals surface area contributed by atoms with Crippen molar-refractivity contribution in [3.05, 3.63) is 0 Å². The largest absolute Gasteiger partial charge is 0.378 e. The third-order valence-corrected chi connectivity index (χ3v) is 3.53. The van der Waals surface area contributed by atoms with E-state index in [2.05, 4.69) is 0 Å². The molecule has 0 atom stereocenters. The van der Waals surface area contributed by atoms with Crippen LogP contribution in [0.25, 0.3) is 0 Å². The van der Waals surface area contributed by atoms with Gasteiger partial charge in [0, 0.05) is 20.1 Å². The van der Waals surface area contributed by atoms with Crippen LogP contribution in [-0.4, -0.2) is 51.3 Å². The second kappa shape index (κ2) is 6.34. The van der Waals surface area contributed by atoms with Crippen molar-refractivity contribution in [3.8, 4) is 0 Å². The van der Waals surface area contributed by atoms with Gasteiger partial charge in [0.2, 0.25) is 10.0 Å². The maximum Gasteiger partial charge on any atom is 0.216 e. The van der Waals surface area contributed by atoms with E-state index in [-0.39, 0.29) is 18.5 Å². The van der Waals surface area contributed by atoms with Gasteiger partial charge in [0.1, 0.15) is 0 Å². The van der Waals surface area contributed by atoms with Crippen LogP contribution in [0.3, 0.4) is 0 Å². The van der Waals surface area contributed by atoms with E-state index in [0.717, 1.165) is 0 Å². The van der Waals surface area contributed by atoms with Gasteiger partial charge < -0.3 is 10.5 Å². The Morgan fingerprint density at radius 1 is 1.43 bits per heavy atom. The predicted octanol–water partition coefficient (Wildman–Crippen LogP) is -0.368. The molecule has 0 aromatic heterocycles. The van der Waals surface area contributed by atoms with Gasteiger partial charge in [-0.25, -0.2) is 12.7 Å². The van der Waals surface area contributed by atoms with Gasteiger partial charge >= 0.3 is 0 Å². The van der Waals surface area contributed by atoms with Crippen molar-refractivity contribution in [2.24, 2.45) is 5.73 Å². The fraction of sp³-hybridized carbons (Fsp3) is 1.00. The molecule has 0 heterocycles. The lowest BCUT2D eigenvalue weighted by atomic mass is 10.5. The Morgan fingerprint density at radius 3 is 2.43 bits per heavy atom. The van der Waals surface area contributed by atoms with Crippen molar-refractivity contribution in [1.82, 2.24) is 4.31 Å². The Bertz CT molecular complexity index is 239. The highest BCUT2D eigenvalue weighted by Gasteiger charge is 2.16. The lowest BCUT2D eigenvalue weighted by Crippen LogP contribution is -2.34. The van der Waals surface area contributed by atoms with Gasteiger partial charge in [-0.1, -0.05) is 0 Å². The summed E-state index contributed by atoms with van der Waals surface area (Å²) in [6, 6.07) is 0. The average molecular weight is 224 g/mol. The zero-order valence-electron chi connectivity index (χ0n) is 9.06. The minimum absolute atomic E-state index is 0.0156. The van der Waals surface area contributed by atoms with E-state index < -0.39 is 10.0 Å². The Kier molecular flexibility index (Phi) is 6.26. The Balaban J connectivity index is 3.95. The number of likely N-dealkylation sites (N-methyl/N-ethyl adjacent to an activating group) is 1. The van der Waals surface area contributed by atoms with Crippen molar-refractivity contribution in [3.63, 3.8) is 0 Å². The van der Waals surface area contributed by atoms with Crippen LogP contribution < -0.4 is 5.73 Å². The number of hydrogen-bond acceptors (Lipinski definition) is 4. The van der Waals surface area contributed by atoms with E-state index in [4.69, 9.17) is 10.5 Å². The summed E-state index contributed by atoms with van der Waals surface area (Å²) in [6.45, 7) is 4.66. The molecular weight excluding hydrogens is 204 g/mol. The minimum atomic E-state index is -3.19. The zero-order chi connectivity index (χ0) is 11.2. The fourth-order valence-corrected chi connectivity index (χ4v) is 1.87. The van der Waals surface area contributed by atoms with Crippen LogP contribution in [0, 0.1) is 0 Å². The predicted molar refractivity (Wildman–Crippen MR) is 56.6 cm³/mol. The molecule has 0 aliphatic carbocycles. The highest BCUT2D eigenvalue weighted by molar-refractivity contribution is 7.89. The molecule has 0 amide bonds. The molecule has 0 aromatic carbocycles. The molecule has 0 rings (SSSR count). The molecule has 0 fully saturated rings. The summed E-state index contributed by atoms with van der Waals surface area (Å²) in [4.78, 5) is 0. The monoisotopic (exact) mass is 224 g/mol. The number of hydrogen-bond donors (Lipinski definition) is 1. The second-order valence-corrected chi connectivity index (χ2v) is 5.54. The van der Waals surface area contributed by atoms with Crippen LogP contribution in [0.15, 0.2) is 0 Å². The molecule has 0 saturated carbocycles. The normalized spacial score (nSPS) is 12.7. The molecule has 86 valence electrons. The first-order chi connectivity index (χ1) is 6.40. The second-order valence-electron chi connectivity index (χ2n) is 3.35. The van der Waals surface area contributed by atoms with Gasteiger partial charge in [0.15, 0.2) is 0 Å². The topological polar surface area (TPSA) is 72.6 Å². The molecule has 5 nitrogen and oxygen atoms in total. The van der Waals surface area contributed by atoms with Crippen LogP contribution in [0.2, 0.25) is 0 Å². The number of sulfonamides is 1. The van der Waals surface area contributed by atoms with Gasteiger partial charge in [-0.3, -0.25) is 0 Å². The molecule has 0 unspecified atom stereocenters. The average Bonchev–Trinajstić information content (AvgIpc) is 2.03. The third-order valence-electron chi connectivity index (χ3n) is 1.71. The van der Waals surface area contributed by atoms with Crippen molar-refractivity contribution in [2.45, 2.75) is 20.0 Å². The molecule has 0 bridgehead atoms. The fourth-order valence-electron chi connectivity index (χ4n) is 0.866. The van der Waals surface area contributed by atoms with E-state index in [1.165, 1.54) is 11.4 Å². The molecular formula is C8H20N2O3S. The van der Waals surface area contributed by atoms with E-state index in [9.17, 15) is 8.42 Å². The van der Waals surface area contributed by atoms with Gasteiger partial charge in [-0.2, -0.15) is 0 Å². The maximum atomic E-state index is 11.5. The number of nitrogens with two attached hydrogens (primary N) is 1. The van der Waals surface area contributed by atoms with Gasteiger partial charge in [-0.05, 0) is 13.8 Å². The highest BCUT2D eigenvalue weighted by atomic mass is 32.2. The van der Waals surface area contributed by atoms with Crippen LogP contribution >= 0.6 is 0 Å². The summed E-state index contributed by atoms with van der Waals surface area (Å²) < 4.78 is 29.4. The SMILES string of the molecule is CC(C)OCCS(=O)(=O)N(C)CCN. The molecule has 0 spiro atoms. The minimum Gasteiger partial charge on any atom is -0.378 e. The molecule has 2 N–H and O–H groups in total. The van der Waals surface area contributed by atoms with E-state index in [1.54, 1.807) is 0 Å². The smallest absolute Gasteiger partial charge is 0.216 e. The van der Waals surface area contributed by atoms with E-state index in [0.29, 0.717) is 13.1 Å². The Hall–Kier alpha value is -0.170. The summed E-state index contributed by atoms with van der Waals surface area (Å²) in [7, 11) is -1.66. The van der Waals surface area contributed by atoms with Gasteiger partial charge in [0.25, 0.3) is 0 Å². The lowest BCUT2D eigenvalue weighted by molar-refractivity contribution is 0.0908. The summed E-state index contributed by atoms with van der Waals surface area (Å²) in [5, 5.41) is 0. The van der Waals surface area contributed by atoms with Crippen LogP contribution in [-0.2, 0) is 14.8 Å². The van der Waals surface area contributed by atoms with Crippen LogP contribution in [0.5, 0.6) is 0 Å². The number of ether oxygens (including phenoxy) is 1. The van der Waals surface area contributed by atoms with E-state index >= 15 is 0 Å². The molecule has 0 aromatic rings. The van der Waals surface area contributed by atoms with E-state index in [1.807, 2.05) is 13.8 Å². The Labute approximate surface area is 86.3 Å². The van der Waals surface area contributed by atoms with Crippen molar-refractivity contribution in [2.75, 3.05) is 32.5 Å². The van der Waals surface area contributed by atoms with Crippen molar-refractivity contribution >= 4 is 10.0 Å². The summed E-state index contributed by atoms with van der Waals surface area (Å²) in [6.07, 6.45) is 0.0602. The first-order valence-corrected chi connectivity index (χ1v) is 6.26. The summed E-state index contributed by atoms with van der Waals surface area (Å²) >= 11 is 0. The van der Waals surface area contributed by atoms with Crippen LogP contribution in [0.4, 0.5) is 0 Å². The number of nitrogens with zero attached hydrogens (tertiary/aromatic N) is 1. The van der Waals surface area contributed by atoms with Gasteiger partial charge in [-0.15, -0.1) is 0 Å². The molecule has 0 aliphatic heterocycles. The zero-order valence-corrected chi connectivity index (χ0v) is 9.88. The molecule has 0 saturated heterocycles. The van der Waals surface area contributed by atoms with Crippen molar-refractivity contribution in [1.29, 1.82) is 0 Å². The van der Waals surface area contributed by atoms with Crippen LogP contribution in [0.1, 0.15) is 13.8 Å². The molecule has 14 heavy (non-hydrogen) atoms. The summed E-state index contributed by atoms with van der Waals surface area (Å²) in [5.41, 5.74) is 5.27. The Morgan fingerprint density at radius 2 is 2.00 bits per heavy atom. The first kappa shape index (κ1) is 13.8. The molecule has 0 radical (unpaired) electrons. The lowest BCUT2D eigenvalue weighted by Gasteiger charge is -2.16. The third kappa shape index (κ3) is 5.54. The standard InChI is InChI=1S/C8H20N2O3S/c1-8(2)13-6-7-14(11,12)10(3)5-4-9/h8H,4-7,9H2,1-3H3.